The summed E-state index contributed by atoms with van der Waals surface area (Å²) in [6, 6.07) is 3.48. The first-order valence-electron chi connectivity index (χ1n) is 5.18. The monoisotopic (exact) mass is 254 g/mol. The fourth-order valence-electron chi connectivity index (χ4n) is 1.27. The van der Waals surface area contributed by atoms with E-state index in [1.165, 1.54) is 0 Å². The summed E-state index contributed by atoms with van der Waals surface area (Å²) in [6.07, 6.45) is 3.39. The normalized spacial score (nSPS) is 12.2. The maximum Gasteiger partial charge on any atom is 0.244 e. The van der Waals surface area contributed by atoms with Crippen LogP contribution in [0.4, 0.5) is 0 Å². The molecule has 17 heavy (non-hydrogen) atoms. The van der Waals surface area contributed by atoms with Gasteiger partial charge in [-0.3, -0.25) is 4.98 Å². The predicted octanol–water partition coefficient (Wildman–Crippen LogP) is 2.21. The standard InChI is InChI=1S/C11H14N4O.ClH/c1-7(2)9(12)11-14-10(15-16-11)8-4-3-5-13-6-8;/h3-7,9H,12H2,1-2H3;1H/t9-;/m1./s1. The zero-order valence-electron chi connectivity index (χ0n) is 9.70. The van der Waals surface area contributed by atoms with Crippen LogP contribution in [-0.2, 0) is 0 Å². The van der Waals surface area contributed by atoms with Gasteiger partial charge >= 0.3 is 0 Å². The largest absolute Gasteiger partial charge is 0.337 e. The summed E-state index contributed by atoms with van der Waals surface area (Å²) < 4.78 is 5.13. The molecule has 0 bridgehead atoms. The Morgan fingerprint density at radius 1 is 1.35 bits per heavy atom. The van der Waals surface area contributed by atoms with Crippen molar-refractivity contribution >= 4 is 12.4 Å². The van der Waals surface area contributed by atoms with Gasteiger partial charge in [0.15, 0.2) is 0 Å². The van der Waals surface area contributed by atoms with Gasteiger partial charge < -0.3 is 10.3 Å². The molecule has 0 aromatic carbocycles. The Labute approximate surface area is 106 Å². The number of nitrogens with two attached hydrogens (primary N) is 1. The molecule has 2 rings (SSSR count). The SMILES string of the molecule is CC(C)[C@@H](N)c1nc(-c2cccnc2)no1.Cl. The second kappa shape index (κ2) is 5.75. The molecule has 92 valence electrons. The third-order valence-electron chi connectivity index (χ3n) is 2.36. The van der Waals surface area contributed by atoms with Gasteiger partial charge in [-0.1, -0.05) is 19.0 Å². The van der Waals surface area contributed by atoms with Gasteiger partial charge in [-0.15, -0.1) is 12.4 Å². The summed E-state index contributed by atoms with van der Waals surface area (Å²) in [6.45, 7) is 4.03. The van der Waals surface area contributed by atoms with Crippen LogP contribution in [0.25, 0.3) is 11.4 Å². The zero-order valence-corrected chi connectivity index (χ0v) is 10.5. The average molecular weight is 255 g/mol. The summed E-state index contributed by atoms with van der Waals surface area (Å²) in [5, 5.41) is 3.88. The third kappa shape index (κ3) is 3.01. The quantitative estimate of drug-likeness (QED) is 0.909. The third-order valence-corrected chi connectivity index (χ3v) is 2.36. The molecule has 5 nitrogen and oxygen atoms in total. The summed E-state index contributed by atoms with van der Waals surface area (Å²) in [5.74, 6) is 1.26. The van der Waals surface area contributed by atoms with Crippen molar-refractivity contribution in [2.24, 2.45) is 11.7 Å². The smallest absolute Gasteiger partial charge is 0.244 e. The molecule has 6 heteroatoms. The lowest BCUT2D eigenvalue weighted by atomic mass is 10.1. The molecule has 0 aliphatic carbocycles. The van der Waals surface area contributed by atoms with E-state index in [1.807, 2.05) is 26.0 Å². The summed E-state index contributed by atoms with van der Waals surface area (Å²) in [7, 11) is 0. The Kier molecular flexibility index (Phi) is 4.60. The van der Waals surface area contributed by atoms with Crippen molar-refractivity contribution in [3.63, 3.8) is 0 Å². The van der Waals surface area contributed by atoms with E-state index in [0.717, 1.165) is 5.56 Å². The van der Waals surface area contributed by atoms with E-state index in [4.69, 9.17) is 10.3 Å². The molecular weight excluding hydrogens is 240 g/mol. The van der Waals surface area contributed by atoms with E-state index >= 15 is 0 Å². The van der Waals surface area contributed by atoms with Gasteiger partial charge in [-0.05, 0) is 18.1 Å². The Hall–Kier alpha value is -1.46. The molecule has 0 radical (unpaired) electrons. The molecule has 0 unspecified atom stereocenters. The van der Waals surface area contributed by atoms with E-state index < -0.39 is 0 Å². The van der Waals surface area contributed by atoms with Crippen molar-refractivity contribution in [2.75, 3.05) is 0 Å². The van der Waals surface area contributed by atoms with Gasteiger partial charge in [0.05, 0.1) is 6.04 Å². The van der Waals surface area contributed by atoms with E-state index in [-0.39, 0.29) is 24.4 Å². The highest BCUT2D eigenvalue weighted by molar-refractivity contribution is 5.85. The molecule has 0 spiro atoms. The van der Waals surface area contributed by atoms with Gasteiger partial charge in [-0.25, -0.2) is 0 Å². The van der Waals surface area contributed by atoms with Crippen LogP contribution in [0.3, 0.4) is 0 Å². The van der Waals surface area contributed by atoms with Crippen LogP contribution in [0, 0.1) is 5.92 Å². The molecule has 2 N–H and O–H groups in total. The number of hydrogen-bond donors (Lipinski definition) is 1. The van der Waals surface area contributed by atoms with Gasteiger partial charge in [0.25, 0.3) is 0 Å². The first-order chi connectivity index (χ1) is 7.68. The molecule has 0 saturated heterocycles. The van der Waals surface area contributed by atoms with Crippen molar-refractivity contribution in [1.29, 1.82) is 0 Å². The number of nitrogens with zero attached hydrogens (tertiary/aromatic N) is 3. The number of hydrogen-bond acceptors (Lipinski definition) is 5. The van der Waals surface area contributed by atoms with E-state index in [1.54, 1.807) is 12.4 Å². The molecule has 0 fully saturated rings. The topological polar surface area (TPSA) is 77.8 Å². The second-order valence-electron chi connectivity index (χ2n) is 3.97. The molecule has 2 aromatic rings. The minimum absolute atomic E-state index is 0. The van der Waals surface area contributed by atoms with Crippen molar-refractivity contribution in [2.45, 2.75) is 19.9 Å². The van der Waals surface area contributed by atoms with Gasteiger partial charge in [0.2, 0.25) is 11.7 Å². The number of rotatable bonds is 3. The molecule has 1 atom stereocenters. The maximum atomic E-state index is 5.92. The van der Waals surface area contributed by atoms with Gasteiger partial charge in [-0.2, -0.15) is 4.98 Å². The molecule has 0 saturated carbocycles. The van der Waals surface area contributed by atoms with Gasteiger partial charge in [0, 0.05) is 18.0 Å². The Bertz CT molecular complexity index is 458. The highest BCUT2D eigenvalue weighted by Crippen LogP contribution is 2.20. The average Bonchev–Trinajstić information content (AvgIpc) is 2.78. The van der Waals surface area contributed by atoms with Crippen LogP contribution in [-0.4, -0.2) is 15.1 Å². The number of aromatic nitrogens is 3. The second-order valence-corrected chi connectivity index (χ2v) is 3.97. The van der Waals surface area contributed by atoms with Gasteiger partial charge in [0.1, 0.15) is 0 Å². The van der Waals surface area contributed by atoms with Crippen LogP contribution in [0.1, 0.15) is 25.8 Å². The lowest BCUT2D eigenvalue weighted by Crippen LogP contribution is -2.16. The van der Waals surface area contributed by atoms with Crippen molar-refractivity contribution < 1.29 is 4.52 Å². The summed E-state index contributed by atoms with van der Waals surface area (Å²) in [5.41, 5.74) is 6.74. The van der Waals surface area contributed by atoms with Crippen LogP contribution in [0.15, 0.2) is 29.0 Å². The minimum Gasteiger partial charge on any atom is -0.337 e. The van der Waals surface area contributed by atoms with E-state index in [0.29, 0.717) is 11.7 Å². The Morgan fingerprint density at radius 3 is 2.71 bits per heavy atom. The Morgan fingerprint density at radius 2 is 2.12 bits per heavy atom. The first-order valence-corrected chi connectivity index (χ1v) is 5.18. The Balaban J connectivity index is 0.00000144. The van der Waals surface area contributed by atoms with Crippen molar-refractivity contribution in [1.82, 2.24) is 15.1 Å². The van der Waals surface area contributed by atoms with Crippen LogP contribution < -0.4 is 5.73 Å². The minimum atomic E-state index is -0.224. The molecule has 2 heterocycles. The maximum absolute atomic E-state index is 5.92. The van der Waals surface area contributed by atoms with Crippen molar-refractivity contribution in [3.05, 3.63) is 30.4 Å². The highest BCUT2D eigenvalue weighted by Gasteiger charge is 2.18. The van der Waals surface area contributed by atoms with Crippen LogP contribution >= 0.6 is 12.4 Å². The molecule has 0 amide bonds. The van der Waals surface area contributed by atoms with E-state index in [2.05, 4.69) is 15.1 Å². The molecular formula is C11H15ClN4O. The summed E-state index contributed by atoms with van der Waals surface area (Å²) >= 11 is 0. The van der Waals surface area contributed by atoms with Crippen molar-refractivity contribution in [3.8, 4) is 11.4 Å². The fourth-order valence-corrected chi connectivity index (χ4v) is 1.27. The zero-order chi connectivity index (χ0) is 11.5. The number of halogens is 1. The molecule has 2 aromatic heterocycles. The lowest BCUT2D eigenvalue weighted by Gasteiger charge is -2.09. The first kappa shape index (κ1) is 13.6. The van der Waals surface area contributed by atoms with Crippen LogP contribution in [0.5, 0.6) is 0 Å². The molecule has 0 aliphatic heterocycles. The predicted molar refractivity (Wildman–Crippen MR) is 66.5 cm³/mol. The van der Waals surface area contributed by atoms with Crippen LogP contribution in [0.2, 0.25) is 0 Å². The van der Waals surface area contributed by atoms with E-state index in [9.17, 15) is 0 Å². The summed E-state index contributed by atoms with van der Waals surface area (Å²) in [4.78, 5) is 8.26. The highest BCUT2D eigenvalue weighted by atomic mass is 35.5. The lowest BCUT2D eigenvalue weighted by molar-refractivity contribution is 0.325. The number of pyridine rings is 1. The molecule has 0 aliphatic rings. The fraction of sp³-hybridized carbons (Fsp3) is 0.364.